The Labute approximate surface area is 375 Å². The zero-order valence-electron chi connectivity index (χ0n) is 34.9. The molecule has 0 aliphatic heterocycles. The smallest absolute Gasteiger partial charge is 0.195 e. The van der Waals surface area contributed by atoms with Gasteiger partial charge in [0.2, 0.25) is 0 Å². The predicted molar refractivity (Wildman–Crippen MR) is 256 cm³/mol. The van der Waals surface area contributed by atoms with Crippen molar-refractivity contribution in [3.63, 3.8) is 0 Å². The first-order valence-corrected chi connectivity index (χ1v) is 21.3. The van der Waals surface area contributed by atoms with Gasteiger partial charge < -0.3 is 25.2 Å². The molecule has 0 atom stereocenters. The highest BCUT2D eigenvalue weighted by atomic mass is 16.5. The lowest BCUT2D eigenvalue weighted by Gasteiger charge is -2.18. The zero-order chi connectivity index (χ0) is 44.6. The van der Waals surface area contributed by atoms with E-state index in [1.165, 1.54) is 0 Å². The Morgan fingerprint density at radius 3 is 1.00 bits per heavy atom. The van der Waals surface area contributed by atoms with Gasteiger partial charge in [-0.2, -0.15) is 0 Å². The predicted octanol–water partition coefficient (Wildman–Crippen LogP) is 12.6. The van der Waals surface area contributed by atoms with Gasteiger partial charge in [0.05, 0.1) is 0 Å². The van der Waals surface area contributed by atoms with E-state index in [0.717, 1.165) is 57.4 Å². The molecule has 314 valence electrons. The third-order valence-electron chi connectivity index (χ3n) is 12.0. The average Bonchev–Trinajstić information content (AvgIpc) is 3.82. The average molecular weight is 849 g/mol. The lowest BCUT2D eigenvalue weighted by Crippen LogP contribution is -2.02. The van der Waals surface area contributed by atoms with Crippen LogP contribution in [-0.2, 0) is 9.59 Å². The topological polar surface area (TPSA) is 124 Å². The van der Waals surface area contributed by atoms with Gasteiger partial charge in [0.15, 0.2) is 11.6 Å². The quantitative estimate of drug-likeness (QED) is 0.108. The van der Waals surface area contributed by atoms with E-state index in [9.17, 15) is 30.0 Å². The van der Waals surface area contributed by atoms with E-state index in [0.29, 0.717) is 56.0 Å². The summed E-state index contributed by atoms with van der Waals surface area (Å²) in [6.45, 7) is 0. The molecule has 65 heavy (non-hydrogen) atoms. The van der Waals surface area contributed by atoms with Crippen LogP contribution in [0.4, 0.5) is 0 Å². The van der Waals surface area contributed by atoms with Crippen LogP contribution in [0.1, 0.15) is 51.8 Å². The monoisotopic (exact) mass is 848 g/mol. The van der Waals surface area contributed by atoms with Crippen molar-refractivity contribution < 1.29 is 34.8 Å². The molecule has 7 nitrogen and oxygen atoms in total. The second-order valence-corrected chi connectivity index (χ2v) is 16.0. The van der Waals surface area contributed by atoms with Crippen molar-refractivity contribution in [2.24, 2.45) is 0 Å². The van der Waals surface area contributed by atoms with E-state index in [4.69, 9.17) is 4.74 Å². The first kappa shape index (κ1) is 40.4. The molecule has 0 amide bonds. The Morgan fingerprint density at radius 2 is 0.646 bits per heavy atom. The molecule has 0 saturated heterocycles. The Kier molecular flexibility index (Phi) is 10.5. The number of hydrogen-bond donors (Lipinski definition) is 4. The molecular weight excluding hydrogens is 809 g/mol. The van der Waals surface area contributed by atoms with Crippen LogP contribution in [0.25, 0.3) is 39.0 Å². The minimum absolute atomic E-state index is 0.0897. The lowest BCUT2D eigenvalue weighted by molar-refractivity contribution is -0.109. The lowest BCUT2D eigenvalue weighted by atomic mass is 9.86. The highest BCUT2D eigenvalue weighted by Gasteiger charge is 2.37. The maximum atomic E-state index is 14.7. The molecule has 0 heterocycles. The van der Waals surface area contributed by atoms with Crippen LogP contribution in [0.5, 0.6) is 34.5 Å². The summed E-state index contributed by atoms with van der Waals surface area (Å²) in [5, 5.41) is 40.6. The highest BCUT2D eigenvalue weighted by Crippen LogP contribution is 2.52. The molecule has 7 aromatic carbocycles. The summed E-state index contributed by atoms with van der Waals surface area (Å²) in [6.07, 6.45) is 7.76. The molecular formula is C58H40O7. The summed E-state index contributed by atoms with van der Waals surface area (Å²) in [7, 11) is 0. The summed E-state index contributed by atoms with van der Waals surface area (Å²) in [6, 6.07) is 51.7. The van der Waals surface area contributed by atoms with Crippen LogP contribution in [0.3, 0.4) is 0 Å². The molecule has 10 rings (SSSR count). The maximum absolute atomic E-state index is 14.7. The minimum atomic E-state index is -0.173. The van der Waals surface area contributed by atoms with Crippen LogP contribution in [0.2, 0.25) is 0 Å². The molecule has 0 radical (unpaired) electrons. The summed E-state index contributed by atoms with van der Waals surface area (Å²) < 4.78 is 6.45. The van der Waals surface area contributed by atoms with Gasteiger partial charge in [0.1, 0.15) is 34.5 Å². The van der Waals surface area contributed by atoms with Gasteiger partial charge >= 0.3 is 0 Å². The number of ketones is 2. The Bertz CT molecular complexity index is 3200. The number of aromatic hydroxyl groups is 4. The fourth-order valence-electron chi connectivity index (χ4n) is 8.94. The van der Waals surface area contributed by atoms with Crippen molar-refractivity contribution >= 4 is 50.6 Å². The van der Waals surface area contributed by atoms with Crippen molar-refractivity contribution in [3.8, 4) is 34.5 Å². The number of carbonyl (C=O) groups excluding carboxylic acids is 2. The Hall–Kier alpha value is -8.68. The second-order valence-electron chi connectivity index (χ2n) is 16.0. The largest absolute Gasteiger partial charge is 0.508 e. The number of hydrogen-bond acceptors (Lipinski definition) is 7. The van der Waals surface area contributed by atoms with Crippen molar-refractivity contribution in [3.05, 3.63) is 244 Å². The third-order valence-corrected chi connectivity index (χ3v) is 12.0. The third kappa shape index (κ3) is 7.66. The normalized spacial score (nSPS) is 15.0. The number of Topliss-reactive ketones (excluding diaryl/α,β-unsaturated/α-hetero) is 2. The van der Waals surface area contributed by atoms with Crippen LogP contribution in [0.15, 0.2) is 205 Å². The van der Waals surface area contributed by atoms with Gasteiger partial charge in [-0.3, -0.25) is 9.59 Å². The number of benzene rings is 7. The molecule has 3 aliphatic carbocycles. The second kappa shape index (κ2) is 16.9. The van der Waals surface area contributed by atoms with E-state index < -0.39 is 0 Å². The molecule has 0 spiro atoms. The number of ether oxygens (including phenoxy) is 1. The highest BCUT2D eigenvalue weighted by molar-refractivity contribution is 6.59. The van der Waals surface area contributed by atoms with Gasteiger partial charge in [-0.25, -0.2) is 0 Å². The SMILES string of the molecule is O=C1C(c2ccc(O)cc2)=C(C2=CC=CCC2)C(c2ccc(Oc3ccc(C4=C(c5ccc(O)cc5)C(=O)C(c5ccc(O)cc5)=C4c4ccccc4)cc3)cc2)=C1c1ccc(O)cc1. The van der Waals surface area contributed by atoms with E-state index in [-0.39, 0.29) is 34.6 Å². The molecule has 4 N–H and O–H groups in total. The molecule has 0 bridgehead atoms. The summed E-state index contributed by atoms with van der Waals surface area (Å²) in [5.41, 5.74) is 11.3. The van der Waals surface area contributed by atoms with Crippen LogP contribution < -0.4 is 4.74 Å². The van der Waals surface area contributed by atoms with Gasteiger partial charge in [-0.15, -0.1) is 0 Å². The first-order chi connectivity index (χ1) is 31.7. The molecule has 0 aromatic heterocycles. The zero-order valence-corrected chi connectivity index (χ0v) is 34.9. The molecule has 0 fully saturated rings. The number of allylic oxidation sites excluding steroid dienone is 12. The summed E-state index contributed by atoms with van der Waals surface area (Å²) in [4.78, 5) is 29.4. The Balaban J connectivity index is 1.04. The summed E-state index contributed by atoms with van der Waals surface area (Å²) in [5.74, 6) is 1.21. The molecule has 3 aliphatic rings. The number of rotatable bonds is 10. The van der Waals surface area contributed by atoms with E-state index in [2.05, 4.69) is 12.2 Å². The van der Waals surface area contributed by atoms with Crippen molar-refractivity contribution in [2.75, 3.05) is 0 Å². The van der Waals surface area contributed by atoms with E-state index >= 15 is 0 Å². The van der Waals surface area contributed by atoms with Gasteiger partial charge in [-0.05, 0) is 136 Å². The first-order valence-electron chi connectivity index (χ1n) is 21.3. The van der Waals surface area contributed by atoms with Crippen LogP contribution in [0, 0.1) is 0 Å². The molecule has 7 aromatic rings. The minimum Gasteiger partial charge on any atom is -0.508 e. The van der Waals surface area contributed by atoms with E-state index in [1.54, 1.807) is 97.1 Å². The van der Waals surface area contributed by atoms with E-state index in [1.807, 2.05) is 84.9 Å². The fourth-order valence-corrected chi connectivity index (χ4v) is 8.94. The molecule has 0 unspecified atom stereocenters. The fraction of sp³-hybridized carbons (Fsp3) is 0.0345. The molecule has 0 saturated carbocycles. The van der Waals surface area contributed by atoms with Crippen LogP contribution in [-0.4, -0.2) is 32.0 Å². The van der Waals surface area contributed by atoms with Crippen molar-refractivity contribution in [2.45, 2.75) is 12.8 Å². The number of phenols is 4. The number of carbonyl (C=O) groups is 2. The van der Waals surface area contributed by atoms with Crippen molar-refractivity contribution in [1.29, 1.82) is 0 Å². The number of phenolic OH excluding ortho intramolecular Hbond substituents is 4. The molecule has 7 heteroatoms. The van der Waals surface area contributed by atoms with Gasteiger partial charge in [0, 0.05) is 39.0 Å². The maximum Gasteiger partial charge on any atom is 0.195 e. The Morgan fingerprint density at radius 1 is 0.338 bits per heavy atom. The van der Waals surface area contributed by atoms with Gasteiger partial charge in [-0.1, -0.05) is 121 Å². The summed E-state index contributed by atoms with van der Waals surface area (Å²) >= 11 is 0. The van der Waals surface area contributed by atoms with Crippen molar-refractivity contribution in [1.82, 2.24) is 0 Å². The standard InChI is InChI=1S/C58H40O7/c59-43-23-11-39(12-24-43)53-49(35-7-3-1-4-8-35)51(55(57(53)63)41-15-27-45(61)28-16-41)37-19-31-47(32-20-37)65-48-33-21-38(22-34-48)52-50(36-9-5-2-6-10-36)54(40-13-25-44(60)26-14-40)58(64)56(52)42-17-29-46(62)30-18-42/h1-5,7-9,11-34,59-62H,6,10H2. The van der Waals surface area contributed by atoms with Gasteiger partial charge in [0.25, 0.3) is 0 Å². The van der Waals surface area contributed by atoms with Crippen LogP contribution >= 0.6 is 0 Å².